The Bertz CT molecular complexity index is 1790. The molecule has 210 valence electrons. The van der Waals surface area contributed by atoms with Crippen LogP contribution in [-0.2, 0) is 16.1 Å². The molecule has 0 N–H and O–H groups in total. The number of hydrogen-bond donors (Lipinski definition) is 0. The second kappa shape index (κ2) is 12.2. The van der Waals surface area contributed by atoms with Crippen LogP contribution in [0.3, 0.4) is 0 Å². The molecule has 1 atom stereocenters. The van der Waals surface area contributed by atoms with Gasteiger partial charge in [0.1, 0.15) is 24.1 Å². The third kappa shape index (κ3) is 6.14. The number of esters is 1. The topological polar surface area (TPSA) is 79.1 Å². The third-order valence-electron chi connectivity index (χ3n) is 6.53. The molecule has 0 spiro atoms. The van der Waals surface area contributed by atoms with Gasteiger partial charge in [0.25, 0.3) is 5.56 Å². The number of ether oxygens (including phenoxy) is 3. The zero-order valence-electron chi connectivity index (χ0n) is 23.1. The molecule has 0 amide bonds. The van der Waals surface area contributed by atoms with Crippen LogP contribution in [0.5, 0.6) is 11.5 Å². The van der Waals surface area contributed by atoms with E-state index in [1.165, 1.54) is 15.9 Å². The van der Waals surface area contributed by atoms with Crippen molar-refractivity contribution in [1.82, 2.24) is 4.57 Å². The highest BCUT2D eigenvalue weighted by Gasteiger charge is 2.34. The fraction of sp³-hybridized carbons (Fsp3) is 0.219. The summed E-state index contributed by atoms with van der Waals surface area (Å²) in [5, 5.41) is 0.446. The van der Waals surface area contributed by atoms with E-state index in [1.807, 2.05) is 72.8 Å². The number of carbonyl (C=O) groups excluding carboxylic acids is 1. The van der Waals surface area contributed by atoms with E-state index in [2.05, 4.69) is 4.99 Å². The van der Waals surface area contributed by atoms with E-state index < -0.39 is 12.0 Å². The van der Waals surface area contributed by atoms with Crippen molar-refractivity contribution >= 4 is 35.0 Å². The van der Waals surface area contributed by atoms with Crippen molar-refractivity contribution in [3.05, 3.63) is 125 Å². The van der Waals surface area contributed by atoms with E-state index in [9.17, 15) is 9.59 Å². The standard InChI is InChI=1S/C32H29ClN2O5S/c1-19(2)40-31(37)28-20(3)34-32-35(29(28)25-7-5-6-8-26(25)33)30(36)27(41-32)17-21-9-15-24(16-10-21)39-18-22-11-13-23(38-4)14-12-22/h5-17,19,29H,18H2,1-4H3. The number of allylic oxidation sites excluding steroid dienone is 1. The lowest BCUT2D eigenvalue weighted by atomic mass is 9.96. The maximum Gasteiger partial charge on any atom is 0.338 e. The Balaban J connectivity index is 1.47. The van der Waals surface area contributed by atoms with Gasteiger partial charge < -0.3 is 14.2 Å². The average Bonchev–Trinajstić information content (AvgIpc) is 3.26. The van der Waals surface area contributed by atoms with Gasteiger partial charge in [-0.2, -0.15) is 0 Å². The molecular weight excluding hydrogens is 560 g/mol. The molecule has 7 nitrogen and oxygen atoms in total. The summed E-state index contributed by atoms with van der Waals surface area (Å²) in [7, 11) is 1.63. The van der Waals surface area contributed by atoms with Crippen molar-refractivity contribution in [2.75, 3.05) is 7.11 Å². The second-order valence-electron chi connectivity index (χ2n) is 9.76. The monoisotopic (exact) mass is 588 g/mol. The smallest absolute Gasteiger partial charge is 0.338 e. The normalized spacial score (nSPS) is 15.0. The van der Waals surface area contributed by atoms with Crippen molar-refractivity contribution in [2.24, 2.45) is 4.99 Å². The largest absolute Gasteiger partial charge is 0.497 e. The number of fused-ring (bicyclic) bond motifs is 1. The van der Waals surface area contributed by atoms with Gasteiger partial charge in [-0.05, 0) is 73.9 Å². The van der Waals surface area contributed by atoms with Crippen LogP contribution in [0.15, 0.2) is 93.9 Å². The summed E-state index contributed by atoms with van der Waals surface area (Å²) in [5.74, 6) is 0.983. The predicted octanol–water partition coefficient (Wildman–Crippen LogP) is 5.43. The number of methoxy groups -OCH3 is 1. The van der Waals surface area contributed by atoms with Gasteiger partial charge >= 0.3 is 5.97 Å². The molecule has 41 heavy (non-hydrogen) atoms. The van der Waals surface area contributed by atoms with E-state index >= 15 is 0 Å². The number of thiazole rings is 1. The summed E-state index contributed by atoms with van der Waals surface area (Å²) in [6.45, 7) is 5.74. The van der Waals surface area contributed by atoms with Gasteiger partial charge in [0, 0.05) is 5.02 Å². The summed E-state index contributed by atoms with van der Waals surface area (Å²) < 4.78 is 18.7. The van der Waals surface area contributed by atoms with Crippen LogP contribution in [0.2, 0.25) is 5.02 Å². The van der Waals surface area contributed by atoms with Crippen LogP contribution in [-0.4, -0.2) is 23.8 Å². The number of nitrogens with zero attached hydrogens (tertiary/aromatic N) is 2. The van der Waals surface area contributed by atoms with Crippen LogP contribution in [0.1, 0.15) is 43.5 Å². The van der Waals surface area contributed by atoms with Gasteiger partial charge in [-0.25, -0.2) is 9.79 Å². The molecule has 0 radical (unpaired) electrons. The molecule has 0 saturated heterocycles. The highest BCUT2D eigenvalue weighted by molar-refractivity contribution is 7.07. The van der Waals surface area contributed by atoms with Crippen molar-refractivity contribution < 1.29 is 19.0 Å². The summed E-state index contributed by atoms with van der Waals surface area (Å²) in [6, 6.07) is 21.6. The van der Waals surface area contributed by atoms with Crippen molar-refractivity contribution in [3.63, 3.8) is 0 Å². The zero-order chi connectivity index (χ0) is 29.1. The minimum atomic E-state index is -0.762. The van der Waals surface area contributed by atoms with E-state index in [0.717, 1.165) is 16.9 Å². The highest BCUT2D eigenvalue weighted by atomic mass is 35.5. The Labute approximate surface area is 246 Å². The van der Waals surface area contributed by atoms with Crippen LogP contribution < -0.4 is 24.4 Å². The fourth-order valence-corrected chi connectivity index (χ4v) is 5.84. The molecule has 0 fully saturated rings. The van der Waals surface area contributed by atoms with Crippen molar-refractivity contribution in [1.29, 1.82) is 0 Å². The van der Waals surface area contributed by atoms with Crippen LogP contribution in [0.4, 0.5) is 0 Å². The summed E-state index contributed by atoms with van der Waals surface area (Å²) in [4.78, 5) is 32.2. The zero-order valence-corrected chi connectivity index (χ0v) is 24.7. The lowest BCUT2D eigenvalue weighted by Crippen LogP contribution is -2.40. The molecule has 2 heterocycles. The van der Waals surface area contributed by atoms with E-state index in [-0.39, 0.29) is 11.7 Å². The van der Waals surface area contributed by atoms with Gasteiger partial charge in [-0.1, -0.05) is 65.4 Å². The first kappa shape index (κ1) is 28.4. The summed E-state index contributed by atoms with van der Waals surface area (Å²) >= 11 is 7.85. The second-order valence-corrected chi connectivity index (χ2v) is 11.2. The maximum absolute atomic E-state index is 13.8. The number of aromatic nitrogens is 1. The third-order valence-corrected chi connectivity index (χ3v) is 7.85. The number of carbonyl (C=O) groups is 1. The van der Waals surface area contributed by atoms with Crippen LogP contribution >= 0.6 is 22.9 Å². The van der Waals surface area contributed by atoms with Crippen LogP contribution in [0, 0.1) is 0 Å². The Kier molecular flexibility index (Phi) is 8.42. The average molecular weight is 589 g/mol. The molecule has 9 heteroatoms. The van der Waals surface area contributed by atoms with Gasteiger partial charge in [0.15, 0.2) is 4.80 Å². The molecule has 1 aliphatic heterocycles. The number of benzene rings is 3. The molecule has 5 rings (SSSR count). The molecule has 0 bridgehead atoms. The quantitative estimate of drug-likeness (QED) is 0.257. The fourth-order valence-electron chi connectivity index (χ4n) is 4.55. The lowest BCUT2D eigenvalue weighted by molar-refractivity contribution is -0.143. The molecule has 1 aromatic heterocycles. The van der Waals surface area contributed by atoms with E-state index in [1.54, 1.807) is 33.9 Å². The number of hydrogen-bond acceptors (Lipinski definition) is 7. The van der Waals surface area contributed by atoms with Gasteiger partial charge in [0.05, 0.1) is 29.0 Å². The first-order valence-corrected chi connectivity index (χ1v) is 14.3. The predicted molar refractivity (Wildman–Crippen MR) is 160 cm³/mol. The van der Waals surface area contributed by atoms with E-state index in [0.29, 0.717) is 43.5 Å². The number of halogens is 1. The van der Waals surface area contributed by atoms with Gasteiger partial charge in [-0.15, -0.1) is 0 Å². The molecular formula is C32H29ClN2O5S. The summed E-state index contributed by atoms with van der Waals surface area (Å²) in [6.07, 6.45) is 1.48. The molecule has 0 saturated carbocycles. The molecule has 1 unspecified atom stereocenters. The van der Waals surface area contributed by atoms with Crippen molar-refractivity contribution in [3.8, 4) is 11.5 Å². The lowest BCUT2D eigenvalue weighted by Gasteiger charge is -2.26. The van der Waals surface area contributed by atoms with Crippen molar-refractivity contribution in [2.45, 2.75) is 39.5 Å². The number of rotatable bonds is 8. The first-order chi connectivity index (χ1) is 19.7. The highest BCUT2D eigenvalue weighted by Crippen LogP contribution is 2.34. The molecule has 1 aliphatic rings. The Morgan fingerprint density at radius 1 is 1.05 bits per heavy atom. The summed E-state index contributed by atoms with van der Waals surface area (Å²) in [5.41, 5.74) is 3.01. The maximum atomic E-state index is 13.8. The SMILES string of the molecule is COc1ccc(COc2ccc(C=c3sc4n(c3=O)C(c3ccccc3Cl)C(C(=O)OC(C)C)=C(C)N=4)cc2)cc1. The minimum Gasteiger partial charge on any atom is -0.497 e. The Morgan fingerprint density at radius 3 is 2.39 bits per heavy atom. The minimum absolute atomic E-state index is 0.263. The van der Waals surface area contributed by atoms with Gasteiger partial charge in [-0.3, -0.25) is 9.36 Å². The molecule has 3 aromatic carbocycles. The first-order valence-electron chi connectivity index (χ1n) is 13.1. The Morgan fingerprint density at radius 2 is 1.73 bits per heavy atom. The Hall–Kier alpha value is -4.14. The van der Waals surface area contributed by atoms with E-state index in [4.69, 9.17) is 25.8 Å². The van der Waals surface area contributed by atoms with Crippen LogP contribution in [0.25, 0.3) is 6.08 Å². The van der Waals surface area contributed by atoms with Gasteiger partial charge in [0.2, 0.25) is 0 Å². The molecule has 4 aromatic rings. The molecule has 0 aliphatic carbocycles.